The van der Waals surface area contributed by atoms with E-state index in [2.05, 4.69) is 19.0 Å². The number of carbonyl (C=O) groups is 1. The lowest BCUT2D eigenvalue weighted by molar-refractivity contribution is -0.894. The standard InChI is InChI=1S/C20H22N2O3/c1-3-4-11-22(2)13-16-17(23)6-5-15-19(24)18(25-20(15)16)12-14-7-9-21-10-8-14/h5-10,12,23H,3-4,11,13H2,1-2H3/p+1/b18-12-. The number of nitrogens with one attached hydrogen (secondary N) is 1. The maximum Gasteiger partial charge on any atom is 0.231 e. The molecule has 0 saturated heterocycles. The highest BCUT2D eigenvalue weighted by Gasteiger charge is 2.32. The maximum absolute atomic E-state index is 12.6. The maximum atomic E-state index is 12.6. The molecule has 1 aliphatic rings. The molecular weight excluding hydrogens is 316 g/mol. The van der Waals surface area contributed by atoms with Crippen molar-refractivity contribution in [3.8, 4) is 11.5 Å². The van der Waals surface area contributed by atoms with Gasteiger partial charge in [0.25, 0.3) is 0 Å². The van der Waals surface area contributed by atoms with E-state index in [9.17, 15) is 9.90 Å². The van der Waals surface area contributed by atoms with Gasteiger partial charge in [-0.2, -0.15) is 0 Å². The molecule has 0 radical (unpaired) electrons. The minimum Gasteiger partial charge on any atom is -0.507 e. The van der Waals surface area contributed by atoms with E-state index in [4.69, 9.17) is 4.74 Å². The van der Waals surface area contributed by atoms with Crippen LogP contribution < -0.4 is 9.64 Å². The highest BCUT2D eigenvalue weighted by atomic mass is 16.5. The van der Waals surface area contributed by atoms with Crippen LogP contribution in [0, 0.1) is 0 Å². The predicted molar refractivity (Wildman–Crippen MR) is 95.6 cm³/mol. The highest BCUT2D eigenvalue weighted by molar-refractivity contribution is 6.14. The summed E-state index contributed by atoms with van der Waals surface area (Å²) in [6.07, 6.45) is 7.29. The number of carbonyl (C=O) groups excluding carboxylic acids is 1. The molecule has 5 heteroatoms. The molecule has 2 aromatic rings. The number of quaternary nitrogens is 1. The Morgan fingerprint density at radius 2 is 2.00 bits per heavy atom. The predicted octanol–water partition coefficient (Wildman–Crippen LogP) is 2.22. The van der Waals surface area contributed by atoms with Crippen molar-refractivity contribution >= 4 is 11.9 Å². The molecule has 2 heterocycles. The molecule has 0 amide bonds. The third-order valence-electron chi connectivity index (χ3n) is 4.36. The third-order valence-corrected chi connectivity index (χ3v) is 4.36. The zero-order chi connectivity index (χ0) is 17.8. The molecule has 0 aliphatic carbocycles. The van der Waals surface area contributed by atoms with Gasteiger partial charge in [0, 0.05) is 12.4 Å². The molecule has 130 valence electrons. The van der Waals surface area contributed by atoms with Crippen molar-refractivity contribution in [3.05, 3.63) is 59.1 Å². The summed E-state index contributed by atoms with van der Waals surface area (Å²) >= 11 is 0. The second-order valence-electron chi connectivity index (χ2n) is 6.40. The topological polar surface area (TPSA) is 63.9 Å². The van der Waals surface area contributed by atoms with E-state index in [1.54, 1.807) is 30.6 Å². The number of fused-ring (bicyclic) bond motifs is 1. The van der Waals surface area contributed by atoms with Crippen LogP contribution in [-0.4, -0.2) is 29.5 Å². The van der Waals surface area contributed by atoms with Crippen LogP contribution in [0.3, 0.4) is 0 Å². The van der Waals surface area contributed by atoms with Crippen molar-refractivity contribution in [1.82, 2.24) is 4.98 Å². The lowest BCUT2D eigenvalue weighted by atomic mass is 10.0. The number of hydrogen-bond donors (Lipinski definition) is 2. The quantitative estimate of drug-likeness (QED) is 0.792. The first kappa shape index (κ1) is 17.2. The Bertz CT molecular complexity index is 800. The average molecular weight is 339 g/mol. The number of ether oxygens (including phenoxy) is 1. The van der Waals surface area contributed by atoms with E-state index in [-0.39, 0.29) is 17.3 Å². The molecule has 0 spiro atoms. The summed E-state index contributed by atoms with van der Waals surface area (Å²) in [6, 6.07) is 6.84. The van der Waals surface area contributed by atoms with Crippen LogP contribution in [0.25, 0.3) is 6.08 Å². The van der Waals surface area contributed by atoms with Gasteiger partial charge in [-0.1, -0.05) is 13.3 Å². The number of aromatic hydroxyl groups is 1. The van der Waals surface area contributed by atoms with Gasteiger partial charge in [0.05, 0.1) is 24.7 Å². The summed E-state index contributed by atoms with van der Waals surface area (Å²) in [5.74, 6) is 0.784. The Balaban J connectivity index is 1.89. The minimum atomic E-state index is -0.153. The summed E-state index contributed by atoms with van der Waals surface area (Å²) in [7, 11) is 2.08. The number of allylic oxidation sites excluding steroid dienone is 1. The summed E-state index contributed by atoms with van der Waals surface area (Å²) < 4.78 is 5.86. The number of phenolic OH excluding ortho intramolecular Hbond substituents is 1. The van der Waals surface area contributed by atoms with Gasteiger partial charge in [-0.05, 0) is 42.3 Å². The van der Waals surface area contributed by atoms with Gasteiger partial charge in [-0.15, -0.1) is 0 Å². The molecule has 1 atom stereocenters. The van der Waals surface area contributed by atoms with E-state index >= 15 is 0 Å². The smallest absolute Gasteiger partial charge is 0.231 e. The molecular formula is C20H23N2O3+. The van der Waals surface area contributed by atoms with Crippen LogP contribution in [0.15, 0.2) is 42.4 Å². The first-order valence-corrected chi connectivity index (χ1v) is 8.60. The number of hydrogen-bond acceptors (Lipinski definition) is 4. The number of aromatic nitrogens is 1. The monoisotopic (exact) mass is 339 g/mol. The Labute approximate surface area is 147 Å². The van der Waals surface area contributed by atoms with Crippen molar-refractivity contribution in [2.45, 2.75) is 26.3 Å². The number of ketones is 1. The Hall–Kier alpha value is -2.66. The molecule has 2 N–H and O–H groups in total. The van der Waals surface area contributed by atoms with Crippen LogP contribution in [0.2, 0.25) is 0 Å². The summed E-state index contributed by atoms with van der Waals surface area (Å²) in [5.41, 5.74) is 2.05. The zero-order valence-corrected chi connectivity index (χ0v) is 14.6. The van der Waals surface area contributed by atoms with Crippen LogP contribution >= 0.6 is 0 Å². The first-order valence-electron chi connectivity index (χ1n) is 8.60. The van der Waals surface area contributed by atoms with E-state index in [0.29, 0.717) is 23.4 Å². The molecule has 5 nitrogen and oxygen atoms in total. The molecule has 25 heavy (non-hydrogen) atoms. The van der Waals surface area contributed by atoms with Crippen molar-refractivity contribution in [1.29, 1.82) is 0 Å². The Morgan fingerprint density at radius 1 is 1.24 bits per heavy atom. The van der Waals surface area contributed by atoms with Crippen molar-refractivity contribution in [2.24, 2.45) is 0 Å². The van der Waals surface area contributed by atoms with Gasteiger partial charge >= 0.3 is 0 Å². The third kappa shape index (κ3) is 3.72. The van der Waals surface area contributed by atoms with Crippen LogP contribution in [0.1, 0.15) is 41.3 Å². The summed E-state index contributed by atoms with van der Waals surface area (Å²) in [4.78, 5) is 17.9. The average Bonchev–Trinajstić information content (AvgIpc) is 2.93. The minimum absolute atomic E-state index is 0.153. The number of pyridine rings is 1. The van der Waals surface area contributed by atoms with E-state index in [0.717, 1.165) is 24.9 Å². The highest BCUT2D eigenvalue weighted by Crippen LogP contribution is 2.39. The van der Waals surface area contributed by atoms with Crippen molar-refractivity contribution < 1.29 is 19.5 Å². The Kier molecular flexibility index (Phi) is 5.14. The second kappa shape index (κ2) is 7.49. The molecule has 1 aromatic heterocycles. The summed E-state index contributed by atoms with van der Waals surface area (Å²) in [5, 5.41) is 10.3. The van der Waals surface area contributed by atoms with E-state index in [1.807, 2.05) is 12.1 Å². The van der Waals surface area contributed by atoms with Gasteiger partial charge < -0.3 is 14.7 Å². The van der Waals surface area contributed by atoms with Gasteiger partial charge in [-0.3, -0.25) is 9.78 Å². The fraction of sp³-hybridized carbons (Fsp3) is 0.300. The van der Waals surface area contributed by atoms with Crippen LogP contribution in [0.5, 0.6) is 11.5 Å². The summed E-state index contributed by atoms with van der Waals surface area (Å²) in [6.45, 7) is 3.78. The van der Waals surface area contributed by atoms with E-state index in [1.165, 1.54) is 4.90 Å². The van der Waals surface area contributed by atoms with Crippen LogP contribution in [0.4, 0.5) is 0 Å². The molecule has 0 bridgehead atoms. The molecule has 0 fully saturated rings. The van der Waals surface area contributed by atoms with Gasteiger partial charge in [0.15, 0.2) is 11.5 Å². The van der Waals surface area contributed by atoms with Gasteiger partial charge in [0.2, 0.25) is 5.78 Å². The number of nitrogens with zero attached hydrogens (tertiary/aromatic N) is 1. The van der Waals surface area contributed by atoms with Crippen molar-refractivity contribution in [2.75, 3.05) is 13.6 Å². The molecule has 3 rings (SSSR count). The van der Waals surface area contributed by atoms with Gasteiger partial charge in [-0.25, -0.2) is 0 Å². The molecule has 1 aliphatic heterocycles. The lowest BCUT2D eigenvalue weighted by Gasteiger charge is -2.16. The Morgan fingerprint density at radius 3 is 2.72 bits per heavy atom. The fourth-order valence-electron chi connectivity index (χ4n) is 2.95. The lowest BCUT2D eigenvalue weighted by Crippen LogP contribution is -3.07. The number of Topliss-reactive ketones (excluding diaryl/α,β-unsaturated/α-hetero) is 1. The number of benzene rings is 1. The van der Waals surface area contributed by atoms with Crippen molar-refractivity contribution in [3.63, 3.8) is 0 Å². The molecule has 0 saturated carbocycles. The number of phenols is 1. The fourth-order valence-corrected chi connectivity index (χ4v) is 2.95. The molecule has 1 aromatic carbocycles. The van der Waals surface area contributed by atoms with Gasteiger partial charge in [0.1, 0.15) is 12.3 Å². The number of rotatable bonds is 6. The number of unbranched alkanes of at least 4 members (excludes halogenated alkanes) is 1. The largest absolute Gasteiger partial charge is 0.507 e. The molecule has 1 unspecified atom stereocenters. The first-order chi connectivity index (χ1) is 12.1. The zero-order valence-electron chi connectivity index (χ0n) is 14.6. The van der Waals surface area contributed by atoms with Crippen LogP contribution in [-0.2, 0) is 6.54 Å². The van der Waals surface area contributed by atoms with E-state index < -0.39 is 0 Å². The SMILES string of the molecule is CCCC[NH+](C)Cc1c(O)ccc2c1O/C(=C\c1ccncc1)C2=O. The normalized spacial score (nSPS) is 15.9. The second-order valence-corrected chi connectivity index (χ2v) is 6.40.